The molecule has 1 saturated heterocycles. The van der Waals surface area contributed by atoms with Crippen molar-refractivity contribution in [2.75, 3.05) is 13.7 Å². The summed E-state index contributed by atoms with van der Waals surface area (Å²) in [5.74, 6) is -8.52. The molecular formula is C25H18F5NO4. The minimum absolute atomic E-state index is 0.185. The predicted molar refractivity (Wildman–Crippen MR) is 112 cm³/mol. The maximum Gasteiger partial charge on any atom is 0.311 e. The fourth-order valence-electron chi connectivity index (χ4n) is 4.44. The molecular weight excluding hydrogens is 473 g/mol. The quantitative estimate of drug-likeness (QED) is 0.467. The molecule has 2 heterocycles. The maximum atomic E-state index is 15.0. The molecule has 35 heavy (non-hydrogen) atoms. The SMILES string of the molecule is CO[C@H]1CCCN1C(=O)c1cc2c(cc1F)OC(c1ccc(F)cc1F)(c1ccc(F)cc1F)O2. The second-order valence-corrected chi connectivity index (χ2v) is 8.18. The third kappa shape index (κ3) is 3.78. The number of carbonyl (C=O) groups excluding carboxylic acids is 1. The van der Waals surface area contributed by atoms with Gasteiger partial charge >= 0.3 is 5.79 Å². The summed E-state index contributed by atoms with van der Waals surface area (Å²) in [6.45, 7) is 0.358. The first-order valence-corrected chi connectivity index (χ1v) is 10.7. The molecule has 182 valence electrons. The van der Waals surface area contributed by atoms with Crippen molar-refractivity contribution < 1.29 is 41.0 Å². The zero-order valence-electron chi connectivity index (χ0n) is 18.3. The zero-order valence-corrected chi connectivity index (χ0v) is 18.3. The highest BCUT2D eigenvalue weighted by molar-refractivity contribution is 5.95. The first-order valence-electron chi connectivity index (χ1n) is 10.7. The lowest BCUT2D eigenvalue weighted by molar-refractivity contribution is -0.0516. The van der Waals surface area contributed by atoms with Crippen molar-refractivity contribution in [1.29, 1.82) is 0 Å². The summed E-state index contributed by atoms with van der Waals surface area (Å²) < 4.78 is 88.9. The van der Waals surface area contributed by atoms with Gasteiger partial charge in [0.2, 0.25) is 0 Å². The van der Waals surface area contributed by atoms with Crippen LogP contribution in [0.5, 0.6) is 11.5 Å². The number of ether oxygens (including phenoxy) is 3. The molecule has 1 atom stereocenters. The average molecular weight is 491 g/mol. The van der Waals surface area contributed by atoms with Crippen LogP contribution in [0, 0.1) is 29.1 Å². The lowest BCUT2D eigenvalue weighted by atomic mass is 9.96. The van der Waals surface area contributed by atoms with Gasteiger partial charge in [0.05, 0.1) is 16.7 Å². The monoisotopic (exact) mass is 491 g/mol. The normalized spacial score (nSPS) is 18.2. The van der Waals surface area contributed by atoms with Crippen LogP contribution in [-0.2, 0) is 10.5 Å². The van der Waals surface area contributed by atoms with E-state index in [1.807, 2.05) is 0 Å². The number of rotatable bonds is 4. The summed E-state index contributed by atoms with van der Waals surface area (Å²) in [5, 5.41) is 0. The molecule has 0 bridgehead atoms. The Hall–Kier alpha value is -3.66. The molecule has 5 nitrogen and oxygen atoms in total. The van der Waals surface area contributed by atoms with Crippen molar-refractivity contribution in [1.82, 2.24) is 4.90 Å². The van der Waals surface area contributed by atoms with Crippen molar-refractivity contribution in [2.24, 2.45) is 0 Å². The molecule has 5 rings (SSSR count). The molecule has 2 aliphatic rings. The van der Waals surface area contributed by atoms with Gasteiger partial charge in [0.1, 0.15) is 35.3 Å². The van der Waals surface area contributed by atoms with Crippen LogP contribution >= 0.6 is 0 Å². The van der Waals surface area contributed by atoms with Crippen LogP contribution in [0.25, 0.3) is 0 Å². The van der Waals surface area contributed by atoms with E-state index in [0.29, 0.717) is 31.5 Å². The summed E-state index contributed by atoms with van der Waals surface area (Å²) in [7, 11) is 1.44. The van der Waals surface area contributed by atoms with Gasteiger partial charge in [-0.05, 0) is 43.2 Å². The van der Waals surface area contributed by atoms with Crippen molar-refractivity contribution >= 4 is 5.91 Å². The number of amides is 1. The molecule has 0 aliphatic carbocycles. The third-order valence-electron chi connectivity index (χ3n) is 6.07. The zero-order chi connectivity index (χ0) is 24.9. The van der Waals surface area contributed by atoms with Crippen LogP contribution in [0.2, 0.25) is 0 Å². The number of fused-ring (bicyclic) bond motifs is 1. The van der Waals surface area contributed by atoms with Gasteiger partial charge in [0.15, 0.2) is 11.5 Å². The van der Waals surface area contributed by atoms with Crippen LogP contribution in [0.3, 0.4) is 0 Å². The van der Waals surface area contributed by atoms with Crippen molar-refractivity contribution in [3.8, 4) is 11.5 Å². The minimum Gasteiger partial charge on any atom is -0.440 e. The van der Waals surface area contributed by atoms with E-state index in [1.165, 1.54) is 12.0 Å². The topological polar surface area (TPSA) is 48.0 Å². The molecule has 0 N–H and O–H groups in total. The van der Waals surface area contributed by atoms with Crippen molar-refractivity contribution in [2.45, 2.75) is 24.9 Å². The first-order chi connectivity index (χ1) is 16.7. The average Bonchev–Trinajstić information content (AvgIpc) is 3.42. The first kappa shape index (κ1) is 23.1. The Kier molecular flexibility index (Phi) is 5.63. The second kappa shape index (κ2) is 8.53. The van der Waals surface area contributed by atoms with Gasteiger partial charge < -0.3 is 19.1 Å². The summed E-state index contributed by atoms with van der Waals surface area (Å²) >= 11 is 0. The highest BCUT2D eigenvalue weighted by Gasteiger charge is 2.50. The van der Waals surface area contributed by atoms with Gasteiger partial charge in [-0.3, -0.25) is 4.79 Å². The van der Waals surface area contributed by atoms with E-state index in [1.54, 1.807) is 0 Å². The molecule has 10 heteroatoms. The molecule has 3 aromatic carbocycles. The largest absolute Gasteiger partial charge is 0.440 e. The Bertz CT molecular complexity index is 1280. The number of hydrogen-bond donors (Lipinski definition) is 0. The van der Waals surface area contributed by atoms with Crippen LogP contribution in [0.1, 0.15) is 34.3 Å². The highest BCUT2D eigenvalue weighted by atomic mass is 19.1. The standard InChI is InChI=1S/C25H18F5NO4/c1-33-23-3-2-8-31(23)24(32)15-11-21-22(12-18(15)28)35-25(34-21,16-6-4-13(26)9-19(16)29)17-7-5-14(27)10-20(17)30/h4-7,9-12,23H,2-3,8H2,1H3/t23-/m0/s1. The fraction of sp³-hybridized carbons (Fsp3) is 0.240. The third-order valence-corrected chi connectivity index (χ3v) is 6.07. The number of nitrogens with zero attached hydrogens (tertiary/aromatic N) is 1. The van der Waals surface area contributed by atoms with E-state index in [4.69, 9.17) is 14.2 Å². The molecule has 0 spiro atoms. The summed E-state index contributed by atoms with van der Waals surface area (Å²) in [6, 6.07) is 6.80. The molecule has 2 aliphatic heterocycles. The lowest BCUT2D eigenvalue weighted by Crippen LogP contribution is -2.39. The Morgan fingerprint density at radius 1 is 0.886 bits per heavy atom. The van der Waals surface area contributed by atoms with E-state index < -0.39 is 58.1 Å². The fourth-order valence-corrected chi connectivity index (χ4v) is 4.44. The Morgan fingerprint density at radius 2 is 1.46 bits per heavy atom. The minimum atomic E-state index is -2.38. The van der Waals surface area contributed by atoms with Crippen LogP contribution in [0.15, 0.2) is 48.5 Å². The second-order valence-electron chi connectivity index (χ2n) is 8.18. The van der Waals surface area contributed by atoms with E-state index >= 15 is 4.39 Å². The summed E-state index contributed by atoms with van der Waals surface area (Å²) in [4.78, 5) is 14.4. The maximum absolute atomic E-state index is 15.0. The van der Waals surface area contributed by atoms with Crippen LogP contribution in [-0.4, -0.2) is 30.7 Å². The van der Waals surface area contributed by atoms with Gasteiger partial charge in [0.25, 0.3) is 5.91 Å². The Balaban J connectivity index is 1.62. The van der Waals surface area contributed by atoms with Gasteiger partial charge in [-0.25, -0.2) is 22.0 Å². The molecule has 0 aromatic heterocycles. The predicted octanol–water partition coefficient (Wildman–Crippen LogP) is 5.26. The Labute approximate surface area is 196 Å². The Morgan fingerprint density at radius 3 is 2.00 bits per heavy atom. The number of likely N-dealkylation sites (tertiary alicyclic amines) is 1. The molecule has 0 radical (unpaired) electrons. The number of methoxy groups -OCH3 is 1. The lowest BCUT2D eigenvalue weighted by Gasteiger charge is -2.29. The van der Waals surface area contributed by atoms with Gasteiger partial charge in [0, 0.05) is 31.9 Å². The number of carbonyl (C=O) groups is 1. The number of benzene rings is 3. The van der Waals surface area contributed by atoms with E-state index in [-0.39, 0.29) is 17.1 Å². The van der Waals surface area contributed by atoms with E-state index in [9.17, 15) is 22.4 Å². The van der Waals surface area contributed by atoms with Crippen LogP contribution in [0.4, 0.5) is 22.0 Å². The molecule has 0 saturated carbocycles. The molecule has 1 fully saturated rings. The van der Waals surface area contributed by atoms with Crippen molar-refractivity contribution in [3.05, 3.63) is 94.3 Å². The van der Waals surface area contributed by atoms with Crippen molar-refractivity contribution in [3.63, 3.8) is 0 Å². The highest BCUT2D eigenvalue weighted by Crippen LogP contribution is 2.50. The van der Waals surface area contributed by atoms with Crippen LogP contribution < -0.4 is 9.47 Å². The molecule has 1 amide bonds. The van der Waals surface area contributed by atoms with Gasteiger partial charge in [-0.15, -0.1) is 0 Å². The molecule has 0 unspecified atom stereocenters. The van der Waals surface area contributed by atoms with Gasteiger partial charge in [-0.1, -0.05) is 0 Å². The summed E-state index contributed by atoms with van der Waals surface area (Å²) in [5.41, 5.74) is -1.23. The van der Waals surface area contributed by atoms with E-state index in [0.717, 1.165) is 36.4 Å². The number of hydrogen-bond acceptors (Lipinski definition) is 4. The van der Waals surface area contributed by atoms with E-state index in [2.05, 4.69) is 0 Å². The smallest absolute Gasteiger partial charge is 0.311 e. The molecule has 3 aromatic rings. The summed E-state index contributed by atoms with van der Waals surface area (Å²) in [6.07, 6.45) is 0.742. The number of halogens is 5. The van der Waals surface area contributed by atoms with Gasteiger partial charge in [-0.2, -0.15) is 0 Å².